The van der Waals surface area contributed by atoms with Gasteiger partial charge in [0.1, 0.15) is 0 Å². The molecule has 1 saturated heterocycles. The summed E-state index contributed by atoms with van der Waals surface area (Å²) in [5, 5.41) is 4.05. The molecule has 25 heavy (non-hydrogen) atoms. The summed E-state index contributed by atoms with van der Waals surface area (Å²) in [6.45, 7) is 3.26. The fourth-order valence-electron chi connectivity index (χ4n) is 3.41. The molecule has 0 spiro atoms. The third kappa shape index (κ3) is 4.25. The monoisotopic (exact) mass is 342 g/mol. The maximum Gasteiger partial charge on any atom is 0.240 e. The van der Waals surface area contributed by atoms with E-state index < -0.39 is 0 Å². The molecule has 2 aromatic rings. The van der Waals surface area contributed by atoms with Crippen molar-refractivity contribution in [2.45, 2.75) is 38.1 Å². The van der Waals surface area contributed by atoms with Crippen molar-refractivity contribution in [1.29, 1.82) is 0 Å². The molecule has 6 nitrogen and oxygen atoms in total. The number of likely N-dealkylation sites (tertiary alicyclic amines) is 1. The molecule has 2 heterocycles. The lowest BCUT2D eigenvalue weighted by molar-refractivity contribution is -0.137. The molecule has 1 amide bonds. The number of hydrogen-bond donors (Lipinski definition) is 0. The third-order valence-corrected chi connectivity index (χ3v) is 4.82. The smallest absolute Gasteiger partial charge is 0.240 e. The van der Waals surface area contributed by atoms with Crippen molar-refractivity contribution in [1.82, 2.24) is 19.9 Å². The predicted molar refractivity (Wildman–Crippen MR) is 95.2 cm³/mol. The van der Waals surface area contributed by atoms with Crippen molar-refractivity contribution in [2.75, 3.05) is 27.2 Å². The fraction of sp³-hybridized carbons (Fsp3) is 0.526. The molecule has 2 atom stereocenters. The van der Waals surface area contributed by atoms with Crippen LogP contribution >= 0.6 is 0 Å². The summed E-state index contributed by atoms with van der Waals surface area (Å²) < 4.78 is 5.11. The zero-order valence-corrected chi connectivity index (χ0v) is 15.2. The number of amides is 1. The van der Waals surface area contributed by atoms with E-state index in [0.717, 1.165) is 31.6 Å². The van der Waals surface area contributed by atoms with Gasteiger partial charge in [0.2, 0.25) is 11.8 Å². The van der Waals surface area contributed by atoms with Crippen molar-refractivity contribution < 1.29 is 9.32 Å². The van der Waals surface area contributed by atoms with Crippen LogP contribution in [0, 0.1) is 6.92 Å². The van der Waals surface area contributed by atoms with Crippen LogP contribution in [-0.4, -0.2) is 59.1 Å². The number of hydrogen-bond acceptors (Lipinski definition) is 5. The number of rotatable bonds is 5. The van der Waals surface area contributed by atoms with Gasteiger partial charge in [0.15, 0.2) is 5.82 Å². The largest absolute Gasteiger partial charge is 0.341 e. The van der Waals surface area contributed by atoms with Gasteiger partial charge < -0.3 is 9.42 Å². The van der Waals surface area contributed by atoms with Gasteiger partial charge in [0, 0.05) is 25.9 Å². The first-order valence-corrected chi connectivity index (χ1v) is 8.84. The van der Waals surface area contributed by atoms with Gasteiger partial charge in [-0.25, -0.2) is 0 Å². The third-order valence-electron chi connectivity index (χ3n) is 4.82. The maximum absolute atomic E-state index is 13.1. The standard InChI is InChI=1S/C19H26N4O2/c1-14-20-18(21-25-14)16-10-7-11-23(13-16)19(24)17(22(2)3)12-15-8-5-4-6-9-15/h4-6,8-9,16-17H,7,10-13H2,1-3H3/t16-,17+/m0/s1. The molecule has 134 valence electrons. The molecule has 0 radical (unpaired) electrons. The van der Waals surface area contributed by atoms with E-state index in [4.69, 9.17) is 4.52 Å². The van der Waals surface area contributed by atoms with E-state index in [0.29, 0.717) is 12.4 Å². The molecular formula is C19H26N4O2. The summed E-state index contributed by atoms with van der Waals surface area (Å²) in [6.07, 6.45) is 2.68. The second-order valence-corrected chi connectivity index (χ2v) is 6.96. The number of piperidine rings is 1. The highest BCUT2D eigenvalue weighted by Gasteiger charge is 2.32. The Balaban J connectivity index is 1.70. The number of carbonyl (C=O) groups is 1. The van der Waals surface area contributed by atoms with Gasteiger partial charge in [-0.1, -0.05) is 35.5 Å². The Morgan fingerprint density at radius 3 is 2.76 bits per heavy atom. The maximum atomic E-state index is 13.1. The number of aromatic nitrogens is 2. The lowest BCUT2D eigenvalue weighted by Gasteiger charge is -2.35. The van der Waals surface area contributed by atoms with E-state index in [1.54, 1.807) is 6.92 Å². The first kappa shape index (κ1) is 17.6. The molecule has 1 aliphatic heterocycles. The van der Waals surface area contributed by atoms with Crippen molar-refractivity contribution in [2.24, 2.45) is 0 Å². The van der Waals surface area contributed by atoms with E-state index in [9.17, 15) is 4.79 Å². The first-order chi connectivity index (χ1) is 12.0. The van der Waals surface area contributed by atoms with Gasteiger partial charge in [0.05, 0.1) is 6.04 Å². The summed E-state index contributed by atoms with van der Waals surface area (Å²) in [7, 11) is 3.94. The second kappa shape index (κ2) is 7.78. The average Bonchev–Trinajstić information content (AvgIpc) is 3.06. The van der Waals surface area contributed by atoms with Gasteiger partial charge >= 0.3 is 0 Å². The molecule has 0 aliphatic carbocycles. The lowest BCUT2D eigenvalue weighted by Crippen LogP contribution is -2.50. The van der Waals surface area contributed by atoms with Gasteiger partial charge in [-0.15, -0.1) is 0 Å². The highest BCUT2D eigenvalue weighted by atomic mass is 16.5. The molecule has 1 fully saturated rings. The lowest BCUT2D eigenvalue weighted by atomic mass is 9.95. The van der Waals surface area contributed by atoms with Crippen LogP contribution in [0.4, 0.5) is 0 Å². The number of aryl methyl sites for hydroxylation is 1. The van der Waals surface area contributed by atoms with Crippen LogP contribution in [0.15, 0.2) is 34.9 Å². The molecule has 0 saturated carbocycles. The number of likely N-dealkylation sites (N-methyl/N-ethyl adjacent to an activating group) is 1. The topological polar surface area (TPSA) is 62.5 Å². The van der Waals surface area contributed by atoms with Crippen molar-refractivity contribution in [3.63, 3.8) is 0 Å². The minimum absolute atomic E-state index is 0.159. The van der Waals surface area contributed by atoms with Crippen LogP contribution in [-0.2, 0) is 11.2 Å². The molecule has 0 N–H and O–H groups in total. The van der Waals surface area contributed by atoms with Crippen LogP contribution in [0.25, 0.3) is 0 Å². The van der Waals surface area contributed by atoms with E-state index in [1.807, 2.05) is 42.1 Å². The van der Waals surface area contributed by atoms with Crippen LogP contribution < -0.4 is 0 Å². The molecule has 1 aliphatic rings. The highest BCUT2D eigenvalue weighted by Crippen LogP contribution is 2.26. The summed E-state index contributed by atoms with van der Waals surface area (Å²) in [5.74, 6) is 1.64. The minimum atomic E-state index is -0.159. The Kier molecular flexibility index (Phi) is 5.48. The Bertz CT molecular complexity index is 698. The summed E-state index contributed by atoms with van der Waals surface area (Å²) in [5.41, 5.74) is 1.18. The number of carbonyl (C=O) groups excluding carboxylic acids is 1. The normalized spacial score (nSPS) is 19.2. The number of benzene rings is 1. The minimum Gasteiger partial charge on any atom is -0.341 e. The Morgan fingerprint density at radius 1 is 1.36 bits per heavy atom. The fourth-order valence-corrected chi connectivity index (χ4v) is 3.41. The van der Waals surface area contributed by atoms with Crippen LogP contribution in [0.5, 0.6) is 0 Å². The molecule has 6 heteroatoms. The Hall–Kier alpha value is -2.21. The summed E-state index contributed by atoms with van der Waals surface area (Å²) in [4.78, 5) is 21.5. The quantitative estimate of drug-likeness (QED) is 0.834. The van der Waals surface area contributed by atoms with Crippen LogP contribution in [0.2, 0.25) is 0 Å². The van der Waals surface area contributed by atoms with Crippen molar-refractivity contribution in [3.05, 3.63) is 47.6 Å². The molecule has 3 rings (SSSR count). The SMILES string of the molecule is Cc1nc([C@H]2CCCN(C(=O)[C@@H](Cc3ccccc3)N(C)C)C2)no1. The van der Waals surface area contributed by atoms with Gasteiger partial charge in [-0.2, -0.15) is 4.98 Å². The van der Waals surface area contributed by atoms with E-state index in [-0.39, 0.29) is 17.9 Å². The van der Waals surface area contributed by atoms with E-state index in [1.165, 1.54) is 5.56 Å². The average molecular weight is 342 g/mol. The molecule has 0 unspecified atom stereocenters. The predicted octanol–water partition coefficient (Wildman–Crippen LogP) is 2.26. The Labute approximate surface area is 148 Å². The Morgan fingerprint density at radius 2 is 2.12 bits per heavy atom. The second-order valence-electron chi connectivity index (χ2n) is 6.96. The summed E-state index contributed by atoms with van der Waals surface area (Å²) in [6, 6.07) is 10.0. The first-order valence-electron chi connectivity index (χ1n) is 8.84. The number of nitrogens with zero attached hydrogens (tertiary/aromatic N) is 4. The van der Waals surface area contributed by atoms with Gasteiger partial charge in [0.25, 0.3) is 0 Å². The molecule has 1 aromatic carbocycles. The van der Waals surface area contributed by atoms with E-state index in [2.05, 4.69) is 22.3 Å². The molecular weight excluding hydrogens is 316 g/mol. The highest BCUT2D eigenvalue weighted by molar-refractivity contribution is 5.82. The summed E-state index contributed by atoms with van der Waals surface area (Å²) >= 11 is 0. The van der Waals surface area contributed by atoms with E-state index >= 15 is 0 Å². The molecule has 0 bridgehead atoms. The zero-order valence-electron chi connectivity index (χ0n) is 15.2. The van der Waals surface area contributed by atoms with Crippen LogP contribution in [0.3, 0.4) is 0 Å². The van der Waals surface area contributed by atoms with Gasteiger partial charge in [-0.3, -0.25) is 9.69 Å². The molecule has 1 aromatic heterocycles. The van der Waals surface area contributed by atoms with Crippen molar-refractivity contribution in [3.8, 4) is 0 Å². The van der Waals surface area contributed by atoms with Crippen LogP contribution in [0.1, 0.15) is 36.0 Å². The zero-order chi connectivity index (χ0) is 17.8. The van der Waals surface area contributed by atoms with Crippen molar-refractivity contribution >= 4 is 5.91 Å². The van der Waals surface area contributed by atoms with Gasteiger partial charge in [-0.05, 0) is 38.9 Å².